The molecule has 21 heavy (non-hydrogen) atoms. The first-order valence-corrected chi connectivity index (χ1v) is 8.14. The van der Waals surface area contributed by atoms with Gasteiger partial charge in [-0.1, -0.05) is 19.9 Å². The highest BCUT2D eigenvalue weighted by Gasteiger charge is 2.23. The van der Waals surface area contributed by atoms with Crippen LogP contribution in [0.2, 0.25) is 0 Å². The van der Waals surface area contributed by atoms with Crippen molar-refractivity contribution in [3.05, 3.63) is 23.8 Å². The molecule has 1 aromatic rings. The number of aromatic hydroxyl groups is 1. The molecule has 2 atom stereocenters. The molecule has 1 N–H and O–H groups in total. The van der Waals surface area contributed by atoms with Crippen LogP contribution < -0.4 is 4.74 Å². The first-order chi connectivity index (χ1) is 10.0. The molecule has 0 radical (unpaired) electrons. The number of hydrogen-bond acceptors (Lipinski definition) is 3. The number of phenols is 1. The van der Waals surface area contributed by atoms with Crippen molar-refractivity contribution in [2.24, 2.45) is 11.8 Å². The molecule has 0 saturated carbocycles. The molecule has 1 aromatic carbocycles. The van der Waals surface area contributed by atoms with Gasteiger partial charge in [-0.05, 0) is 68.8 Å². The zero-order valence-corrected chi connectivity index (χ0v) is 13.8. The molecule has 2 rings (SSSR count). The van der Waals surface area contributed by atoms with Crippen LogP contribution >= 0.6 is 0 Å². The predicted octanol–water partition coefficient (Wildman–Crippen LogP) is 4.22. The van der Waals surface area contributed by atoms with Crippen molar-refractivity contribution in [3.8, 4) is 11.5 Å². The van der Waals surface area contributed by atoms with Gasteiger partial charge in [0.15, 0.2) is 11.5 Å². The van der Waals surface area contributed by atoms with Crippen LogP contribution in [0.25, 0.3) is 0 Å². The van der Waals surface area contributed by atoms with Crippen LogP contribution in [0.5, 0.6) is 11.5 Å². The van der Waals surface area contributed by atoms with Gasteiger partial charge in [0.1, 0.15) is 0 Å². The number of phenolic OH excluding ortho intramolecular Hbond substituents is 1. The maximum absolute atomic E-state index is 9.73. The first kappa shape index (κ1) is 16.2. The molecule has 0 spiro atoms. The molecule has 118 valence electrons. The second-order valence-electron chi connectivity index (χ2n) is 6.58. The number of nitrogens with zero attached hydrogens (tertiary/aromatic N) is 1. The Morgan fingerprint density at radius 3 is 2.62 bits per heavy atom. The van der Waals surface area contributed by atoms with Crippen LogP contribution in [0.15, 0.2) is 18.2 Å². The van der Waals surface area contributed by atoms with E-state index in [-0.39, 0.29) is 5.75 Å². The third kappa shape index (κ3) is 3.91. The Hall–Kier alpha value is -1.22. The zero-order valence-electron chi connectivity index (χ0n) is 13.8. The van der Waals surface area contributed by atoms with Gasteiger partial charge >= 0.3 is 0 Å². The number of methoxy groups -OCH3 is 1. The topological polar surface area (TPSA) is 32.7 Å². The van der Waals surface area contributed by atoms with E-state index in [1.165, 1.54) is 24.8 Å². The lowest BCUT2D eigenvalue weighted by Crippen LogP contribution is -2.28. The number of likely N-dealkylation sites (tertiary alicyclic amines) is 1. The normalized spacial score (nSPS) is 22.0. The molecule has 2 unspecified atom stereocenters. The van der Waals surface area contributed by atoms with Gasteiger partial charge < -0.3 is 9.84 Å². The Kier molecular flexibility index (Phi) is 5.51. The second-order valence-corrected chi connectivity index (χ2v) is 6.58. The van der Waals surface area contributed by atoms with Gasteiger partial charge in [-0.25, -0.2) is 0 Å². The molecule has 3 heteroatoms. The summed E-state index contributed by atoms with van der Waals surface area (Å²) in [5.74, 6) is 2.42. The number of ether oxygens (including phenoxy) is 1. The minimum atomic E-state index is 0.212. The van der Waals surface area contributed by atoms with Crippen molar-refractivity contribution < 1.29 is 9.84 Å². The van der Waals surface area contributed by atoms with E-state index in [2.05, 4.69) is 25.7 Å². The van der Waals surface area contributed by atoms with Crippen LogP contribution in [0.3, 0.4) is 0 Å². The largest absolute Gasteiger partial charge is 0.504 e. The Balaban J connectivity index is 2.07. The van der Waals surface area contributed by atoms with E-state index >= 15 is 0 Å². The lowest BCUT2D eigenvalue weighted by atomic mass is 9.89. The average Bonchev–Trinajstić information content (AvgIpc) is 2.73. The Morgan fingerprint density at radius 2 is 1.95 bits per heavy atom. The van der Waals surface area contributed by atoms with Gasteiger partial charge in [-0.2, -0.15) is 0 Å². The fourth-order valence-electron chi connectivity index (χ4n) is 3.36. The maximum Gasteiger partial charge on any atom is 0.160 e. The summed E-state index contributed by atoms with van der Waals surface area (Å²) in [4.78, 5) is 2.56. The molecule has 0 bridgehead atoms. The van der Waals surface area contributed by atoms with Crippen LogP contribution in [0, 0.1) is 11.8 Å². The molecule has 1 fully saturated rings. The van der Waals surface area contributed by atoms with Crippen LogP contribution in [0.1, 0.15) is 51.6 Å². The van der Waals surface area contributed by atoms with E-state index < -0.39 is 0 Å². The van der Waals surface area contributed by atoms with E-state index in [1.54, 1.807) is 13.2 Å². The fourth-order valence-corrected chi connectivity index (χ4v) is 3.36. The summed E-state index contributed by atoms with van der Waals surface area (Å²) in [5, 5.41) is 9.73. The van der Waals surface area contributed by atoms with E-state index in [9.17, 15) is 5.11 Å². The van der Waals surface area contributed by atoms with E-state index in [1.807, 2.05) is 12.1 Å². The quantitative estimate of drug-likeness (QED) is 0.901. The van der Waals surface area contributed by atoms with Gasteiger partial charge in [0.25, 0.3) is 0 Å². The van der Waals surface area contributed by atoms with E-state index in [0.717, 1.165) is 24.9 Å². The van der Waals surface area contributed by atoms with Crippen LogP contribution in [0.4, 0.5) is 0 Å². The zero-order chi connectivity index (χ0) is 15.4. The van der Waals surface area contributed by atoms with Crippen molar-refractivity contribution in [3.63, 3.8) is 0 Å². The van der Waals surface area contributed by atoms with Gasteiger partial charge in [0.2, 0.25) is 0 Å². The van der Waals surface area contributed by atoms with Gasteiger partial charge in [0.05, 0.1) is 7.11 Å². The van der Waals surface area contributed by atoms with Crippen molar-refractivity contribution in [1.82, 2.24) is 4.90 Å². The lowest BCUT2D eigenvalue weighted by molar-refractivity contribution is 0.212. The minimum Gasteiger partial charge on any atom is -0.504 e. The number of rotatable bonds is 4. The smallest absolute Gasteiger partial charge is 0.160 e. The first-order valence-electron chi connectivity index (χ1n) is 8.14. The molecule has 3 nitrogen and oxygen atoms in total. The molecule has 0 aromatic heterocycles. The van der Waals surface area contributed by atoms with Gasteiger partial charge in [-0.3, -0.25) is 4.90 Å². The third-order valence-electron chi connectivity index (χ3n) is 4.98. The minimum absolute atomic E-state index is 0.212. The molecule has 0 amide bonds. The van der Waals surface area contributed by atoms with E-state index in [4.69, 9.17) is 4.74 Å². The lowest BCUT2D eigenvalue weighted by Gasteiger charge is -2.28. The standard InChI is InChI=1S/C18H29NO2/c1-13(2)15-6-5-10-19(11-9-15)14(3)16-7-8-17(20)18(12-16)21-4/h7-8,12-15,20H,5-6,9-11H2,1-4H3. The summed E-state index contributed by atoms with van der Waals surface area (Å²) >= 11 is 0. The number of hydrogen-bond donors (Lipinski definition) is 1. The predicted molar refractivity (Wildman–Crippen MR) is 86.8 cm³/mol. The molecule has 0 aliphatic carbocycles. The summed E-state index contributed by atoms with van der Waals surface area (Å²) < 4.78 is 5.23. The van der Waals surface area contributed by atoms with Crippen LogP contribution in [-0.2, 0) is 0 Å². The van der Waals surface area contributed by atoms with Crippen molar-refractivity contribution in [2.45, 2.75) is 46.1 Å². The maximum atomic E-state index is 9.73. The summed E-state index contributed by atoms with van der Waals surface area (Å²) in [6, 6.07) is 6.07. The summed E-state index contributed by atoms with van der Waals surface area (Å²) in [6.07, 6.45) is 3.92. The number of benzene rings is 1. The highest BCUT2D eigenvalue weighted by Crippen LogP contribution is 2.33. The summed E-state index contributed by atoms with van der Waals surface area (Å²) in [7, 11) is 1.60. The Bertz CT molecular complexity index is 459. The second kappa shape index (κ2) is 7.17. The molecular weight excluding hydrogens is 262 g/mol. The van der Waals surface area contributed by atoms with Crippen molar-refractivity contribution >= 4 is 0 Å². The molecule has 1 aliphatic rings. The van der Waals surface area contributed by atoms with Gasteiger partial charge in [-0.15, -0.1) is 0 Å². The van der Waals surface area contributed by atoms with Crippen molar-refractivity contribution in [1.29, 1.82) is 0 Å². The molecule has 1 heterocycles. The van der Waals surface area contributed by atoms with E-state index in [0.29, 0.717) is 11.8 Å². The Morgan fingerprint density at radius 1 is 1.19 bits per heavy atom. The average molecular weight is 291 g/mol. The van der Waals surface area contributed by atoms with Gasteiger partial charge in [0, 0.05) is 6.04 Å². The molecular formula is C18H29NO2. The molecule has 1 aliphatic heterocycles. The summed E-state index contributed by atoms with van der Waals surface area (Å²) in [5.41, 5.74) is 1.22. The molecule has 1 saturated heterocycles. The Labute approximate surface area is 128 Å². The highest BCUT2D eigenvalue weighted by molar-refractivity contribution is 5.42. The highest BCUT2D eigenvalue weighted by atomic mass is 16.5. The summed E-state index contributed by atoms with van der Waals surface area (Å²) in [6.45, 7) is 9.26. The third-order valence-corrected chi connectivity index (χ3v) is 4.98. The fraction of sp³-hybridized carbons (Fsp3) is 0.667. The van der Waals surface area contributed by atoms with Crippen molar-refractivity contribution in [2.75, 3.05) is 20.2 Å². The SMILES string of the molecule is COc1cc(C(C)N2CCCC(C(C)C)CC2)ccc1O. The van der Waals surface area contributed by atoms with Crippen LogP contribution in [-0.4, -0.2) is 30.2 Å². The monoisotopic (exact) mass is 291 g/mol.